The van der Waals surface area contributed by atoms with Gasteiger partial charge in [-0.2, -0.15) is 0 Å². The molecule has 5 heteroatoms. The zero-order chi connectivity index (χ0) is 9.56. The van der Waals surface area contributed by atoms with Gasteiger partial charge in [-0.15, -0.1) is 0 Å². The van der Waals surface area contributed by atoms with Gasteiger partial charge in [-0.05, 0) is 6.92 Å². The Morgan fingerprint density at radius 1 is 1.42 bits per heavy atom. The maximum absolute atomic E-state index is 10.7. The molecule has 0 atom stereocenters. The molecule has 0 saturated carbocycles. The summed E-state index contributed by atoms with van der Waals surface area (Å²) in [5.41, 5.74) is -0.385. The summed E-state index contributed by atoms with van der Waals surface area (Å²) in [6.07, 6.45) is -0.338. The summed E-state index contributed by atoms with van der Waals surface area (Å²) in [7, 11) is 1.20. The second-order valence-corrected chi connectivity index (χ2v) is 1.95. The van der Waals surface area contributed by atoms with Crippen LogP contribution in [-0.2, 0) is 19.1 Å². The van der Waals surface area contributed by atoms with Crippen LogP contribution in [0.1, 0.15) is 13.3 Å². The van der Waals surface area contributed by atoms with Crippen LogP contribution in [0.25, 0.3) is 0 Å². The van der Waals surface area contributed by atoms with Gasteiger partial charge in [0, 0.05) is 0 Å². The maximum atomic E-state index is 10.7. The fraction of sp³-hybridized carbons (Fsp3) is 0.571. The van der Waals surface area contributed by atoms with E-state index in [2.05, 4.69) is 9.47 Å². The zero-order valence-corrected chi connectivity index (χ0v) is 7.05. The fourth-order valence-corrected chi connectivity index (χ4v) is 0.507. The summed E-state index contributed by atoms with van der Waals surface area (Å²) in [6.45, 7) is 1.83. The van der Waals surface area contributed by atoms with Crippen molar-refractivity contribution in [2.75, 3.05) is 13.7 Å². The van der Waals surface area contributed by atoms with Crippen LogP contribution < -0.4 is 0 Å². The number of ether oxygens (including phenoxy) is 2. The number of methoxy groups -OCH3 is 1. The van der Waals surface area contributed by atoms with E-state index in [0.717, 1.165) is 0 Å². The number of hydrogen-bond acceptors (Lipinski definition) is 5. The van der Waals surface area contributed by atoms with Crippen LogP contribution in [0.4, 0.5) is 0 Å². The molecule has 0 aromatic rings. The highest BCUT2D eigenvalue weighted by Crippen LogP contribution is 1.90. The first-order chi connectivity index (χ1) is 5.61. The molecule has 0 amide bonds. The van der Waals surface area contributed by atoms with E-state index in [-0.39, 0.29) is 18.7 Å². The van der Waals surface area contributed by atoms with Crippen LogP contribution in [0.3, 0.4) is 0 Å². The van der Waals surface area contributed by atoms with Crippen molar-refractivity contribution in [3.8, 4) is 0 Å². The Bertz CT molecular complexity index is 200. The minimum atomic E-state index is -0.775. The Morgan fingerprint density at radius 2 is 2.00 bits per heavy atom. The number of carbonyl (C=O) groups is 2. The van der Waals surface area contributed by atoms with Crippen LogP contribution >= 0.6 is 0 Å². The van der Waals surface area contributed by atoms with Gasteiger partial charge in [0.25, 0.3) is 0 Å². The highest BCUT2D eigenvalue weighted by Gasteiger charge is 2.14. The minimum Gasteiger partial charge on any atom is -0.469 e. The quantitative estimate of drug-likeness (QED) is 0.484. The van der Waals surface area contributed by atoms with E-state index in [1.54, 1.807) is 6.92 Å². The van der Waals surface area contributed by atoms with E-state index in [4.69, 9.17) is 5.41 Å². The van der Waals surface area contributed by atoms with Gasteiger partial charge in [-0.3, -0.25) is 10.2 Å². The van der Waals surface area contributed by atoms with E-state index in [1.165, 1.54) is 7.11 Å². The van der Waals surface area contributed by atoms with E-state index < -0.39 is 11.9 Å². The summed E-state index contributed by atoms with van der Waals surface area (Å²) in [4.78, 5) is 21.3. The van der Waals surface area contributed by atoms with E-state index >= 15 is 0 Å². The molecule has 0 rings (SSSR count). The van der Waals surface area contributed by atoms with Crippen molar-refractivity contribution in [3.05, 3.63) is 0 Å². The molecule has 0 spiro atoms. The molecular formula is C7H11NO4. The van der Waals surface area contributed by atoms with Crippen molar-refractivity contribution < 1.29 is 19.1 Å². The Labute approximate surface area is 70.2 Å². The second-order valence-electron chi connectivity index (χ2n) is 1.95. The third kappa shape index (κ3) is 3.70. The van der Waals surface area contributed by atoms with Gasteiger partial charge in [0.05, 0.1) is 20.1 Å². The van der Waals surface area contributed by atoms with Crippen molar-refractivity contribution in [3.63, 3.8) is 0 Å². The van der Waals surface area contributed by atoms with Gasteiger partial charge < -0.3 is 9.47 Å². The number of rotatable bonds is 4. The predicted molar refractivity (Wildman–Crippen MR) is 41.0 cm³/mol. The minimum absolute atomic E-state index is 0.197. The number of carbonyl (C=O) groups excluding carboxylic acids is 2. The molecule has 0 unspecified atom stereocenters. The lowest BCUT2D eigenvalue weighted by atomic mass is 10.3. The molecule has 68 valence electrons. The van der Waals surface area contributed by atoms with Gasteiger partial charge in [0.15, 0.2) is 0 Å². The van der Waals surface area contributed by atoms with Crippen LogP contribution in [0.5, 0.6) is 0 Å². The first kappa shape index (κ1) is 10.6. The molecule has 1 N–H and O–H groups in total. The molecule has 0 aromatic carbocycles. The summed E-state index contributed by atoms with van der Waals surface area (Å²) < 4.78 is 8.74. The average Bonchev–Trinajstić information content (AvgIpc) is 2.04. The topological polar surface area (TPSA) is 76.5 Å². The zero-order valence-electron chi connectivity index (χ0n) is 7.05. The summed E-state index contributed by atoms with van der Waals surface area (Å²) in [5, 5.41) is 7.06. The first-order valence-corrected chi connectivity index (χ1v) is 3.43. The van der Waals surface area contributed by atoms with E-state index in [9.17, 15) is 9.59 Å². The first-order valence-electron chi connectivity index (χ1n) is 3.43. The van der Waals surface area contributed by atoms with E-state index in [0.29, 0.717) is 0 Å². The van der Waals surface area contributed by atoms with Crippen molar-refractivity contribution in [2.45, 2.75) is 13.3 Å². The van der Waals surface area contributed by atoms with Crippen LogP contribution in [-0.4, -0.2) is 31.4 Å². The van der Waals surface area contributed by atoms with Crippen molar-refractivity contribution >= 4 is 17.7 Å². The molecule has 0 aliphatic rings. The summed E-state index contributed by atoms with van der Waals surface area (Å²) >= 11 is 0. The number of nitrogens with one attached hydrogen (secondary N) is 1. The lowest BCUT2D eigenvalue weighted by molar-refractivity contribution is -0.141. The molecular weight excluding hydrogens is 162 g/mol. The van der Waals surface area contributed by atoms with Crippen LogP contribution in [0.2, 0.25) is 0 Å². The standard InChI is InChI=1S/C7H11NO4/c1-3-12-7(10)5(8)4-6(9)11-2/h8H,3-4H2,1-2H3. The van der Waals surface area contributed by atoms with Crippen LogP contribution in [0, 0.1) is 5.41 Å². The molecule has 0 radical (unpaired) electrons. The second kappa shape index (κ2) is 5.29. The monoisotopic (exact) mass is 173 g/mol. The molecule has 0 fully saturated rings. The smallest absolute Gasteiger partial charge is 0.352 e. The Hall–Kier alpha value is -1.39. The number of esters is 2. The van der Waals surface area contributed by atoms with Gasteiger partial charge in [-0.1, -0.05) is 0 Å². The van der Waals surface area contributed by atoms with E-state index in [1.807, 2.05) is 0 Å². The third-order valence-electron chi connectivity index (χ3n) is 1.07. The van der Waals surface area contributed by atoms with Gasteiger partial charge in [-0.25, -0.2) is 4.79 Å². The average molecular weight is 173 g/mol. The SMILES string of the molecule is CCOC(=O)C(=N)CC(=O)OC. The summed E-state index contributed by atoms with van der Waals surface area (Å²) in [6, 6.07) is 0. The molecule has 0 aliphatic heterocycles. The Morgan fingerprint density at radius 3 is 2.42 bits per heavy atom. The van der Waals surface area contributed by atoms with Crippen molar-refractivity contribution in [1.29, 1.82) is 5.41 Å². The third-order valence-corrected chi connectivity index (χ3v) is 1.07. The molecule has 5 nitrogen and oxygen atoms in total. The molecule has 0 saturated heterocycles. The summed E-state index contributed by atoms with van der Waals surface area (Å²) in [5.74, 6) is -1.39. The van der Waals surface area contributed by atoms with Crippen molar-refractivity contribution in [1.82, 2.24) is 0 Å². The largest absolute Gasteiger partial charge is 0.469 e. The maximum Gasteiger partial charge on any atom is 0.352 e. The Kier molecular flexibility index (Phi) is 4.67. The molecule has 0 heterocycles. The lowest BCUT2D eigenvalue weighted by Crippen LogP contribution is -2.20. The van der Waals surface area contributed by atoms with Crippen molar-refractivity contribution in [2.24, 2.45) is 0 Å². The highest BCUT2D eigenvalue weighted by molar-refractivity contribution is 6.38. The van der Waals surface area contributed by atoms with Gasteiger partial charge in [0.1, 0.15) is 5.71 Å². The van der Waals surface area contributed by atoms with Gasteiger partial charge in [0.2, 0.25) is 0 Å². The Balaban J connectivity index is 3.87. The number of hydrogen-bond donors (Lipinski definition) is 1. The highest BCUT2D eigenvalue weighted by atomic mass is 16.5. The normalized spacial score (nSPS) is 8.83. The van der Waals surface area contributed by atoms with Gasteiger partial charge >= 0.3 is 11.9 Å². The molecule has 12 heavy (non-hydrogen) atoms. The predicted octanol–water partition coefficient (Wildman–Crippen LogP) is 0.132. The fourth-order valence-electron chi connectivity index (χ4n) is 0.507. The molecule has 0 aromatic heterocycles. The molecule has 0 bridgehead atoms. The molecule has 0 aliphatic carbocycles. The lowest BCUT2D eigenvalue weighted by Gasteiger charge is -2.01. The van der Waals surface area contributed by atoms with Crippen LogP contribution in [0.15, 0.2) is 0 Å².